The number of carbonyl (C=O) groups is 2. The minimum Gasteiger partial charge on any atom is -0.479 e. The molecule has 0 spiro atoms. The Morgan fingerprint density at radius 1 is 1.22 bits per heavy atom. The van der Waals surface area contributed by atoms with Crippen molar-refractivity contribution in [3.8, 4) is 5.69 Å². The van der Waals surface area contributed by atoms with Crippen LogP contribution in [0.1, 0.15) is 49.1 Å². The molecule has 3 rings (SSSR count). The number of benzene rings is 1. The highest BCUT2D eigenvalue weighted by molar-refractivity contribution is 5.91. The molecule has 8 nitrogen and oxygen atoms in total. The van der Waals surface area contributed by atoms with Gasteiger partial charge >= 0.3 is 5.97 Å². The molecule has 1 amide bonds. The lowest BCUT2D eigenvalue weighted by Crippen LogP contribution is -2.51. The van der Waals surface area contributed by atoms with E-state index >= 15 is 0 Å². The fourth-order valence-corrected chi connectivity index (χ4v) is 3.02. The van der Waals surface area contributed by atoms with Gasteiger partial charge in [-0.2, -0.15) is 0 Å². The predicted molar refractivity (Wildman–Crippen MR) is 93.1 cm³/mol. The van der Waals surface area contributed by atoms with E-state index < -0.39 is 23.3 Å². The standard InChI is InChI=1S/C18H21FN4O4/c1-11(2)15-20-14(21-23(15)13-6-4-3-5-12(13)19)16(24)22-9-7-18(27,8-10-22)17(25)26/h3-6,11,27H,7-10H2,1-2H3,(H,25,26). The van der Waals surface area contributed by atoms with E-state index in [4.69, 9.17) is 5.11 Å². The Morgan fingerprint density at radius 3 is 2.41 bits per heavy atom. The van der Waals surface area contributed by atoms with Crippen molar-refractivity contribution in [1.29, 1.82) is 0 Å². The van der Waals surface area contributed by atoms with Gasteiger partial charge in [-0.05, 0) is 12.1 Å². The molecule has 1 aliphatic heterocycles. The normalized spacial score (nSPS) is 16.6. The molecule has 144 valence electrons. The average Bonchev–Trinajstić information content (AvgIpc) is 3.07. The molecule has 0 unspecified atom stereocenters. The maximum absolute atomic E-state index is 14.2. The topological polar surface area (TPSA) is 109 Å². The molecular weight excluding hydrogens is 355 g/mol. The second-order valence-corrected chi connectivity index (χ2v) is 6.94. The summed E-state index contributed by atoms with van der Waals surface area (Å²) in [7, 11) is 0. The number of hydrogen-bond donors (Lipinski definition) is 2. The number of likely N-dealkylation sites (tertiary alicyclic amines) is 1. The highest BCUT2D eigenvalue weighted by Crippen LogP contribution is 2.24. The summed E-state index contributed by atoms with van der Waals surface area (Å²) in [5.74, 6) is -1.98. The summed E-state index contributed by atoms with van der Waals surface area (Å²) in [4.78, 5) is 29.6. The predicted octanol–water partition coefficient (Wildman–Crippen LogP) is 1.58. The first-order valence-electron chi connectivity index (χ1n) is 8.70. The zero-order valence-corrected chi connectivity index (χ0v) is 15.1. The summed E-state index contributed by atoms with van der Waals surface area (Å²) in [6, 6.07) is 6.09. The number of carbonyl (C=O) groups excluding carboxylic acids is 1. The summed E-state index contributed by atoms with van der Waals surface area (Å²) in [5.41, 5.74) is -1.62. The first-order chi connectivity index (χ1) is 12.7. The fourth-order valence-electron chi connectivity index (χ4n) is 3.02. The van der Waals surface area contributed by atoms with E-state index in [-0.39, 0.29) is 43.4 Å². The van der Waals surface area contributed by atoms with Gasteiger partial charge < -0.3 is 15.1 Å². The van der Waals surface area contributed by atoms with Gasteiger partial charge in [-0.3, -0.25) is 4.79 Å². The Balaban J connectivity index is 1.88. The van der Waals surface area contributed by atoms with Crippen molar-refractivity contribution in [3.05, 3.63) is 41.7 Å². The number of para-hydroxylation sites is 1. The van der Waals surface area contributed by atoms with Gasteiger partial charge in [-0.15, -0.1) is 5.10 Å². The molecule has 0 radical (unpaired) electrons. The van der Waals surface area contributed by atoms with E-state index in [9.17, 15) is 19.1 Å². The molecule has 2 heterocycles. The Hall–Kier alpha value is -2.81. The van der Waals surface area contributed by atoms with E-state index in [0.717, 1.165) is 0 Å². The zero-order chi connectivity index (χ0) is 19.8. The summed E-state index contributed by atoms with van der Waals surface area (Å²) in [6.07, 6.45) is -0.141. The number of aliphatic hydroxyl groups is 1. The lowest BCUT2D eigenvalue weighted by Gasteiger charge is -2.34. The SMILES string of the molecule is CC(C)c1nc(C(=O)N2CCC(O)(C(=O)O)CC2)nn1-c1ccccc1F. The molecule has 0 atom stereocenters. The number of amides is 1. The molecule has 9 heteroatoms. The quantitative estimate of drug-likeness (QED) is 0.839. The molecule has 0 bridgehead atoms. The van der Waals surface area contributed by atoms with Gasteiger partial charge in [0.2, 0.25) is 5.82 Å². The van der Waals surface area contributed by atoms with Crippen LogP contribution in [0.25, 0.3) is 5.69 Å². The number of halogens is 1. The minimum atomic E-state index is -1.82. The van der Waals surface area contributed by atoms with Crippen molar-refractivity contribution in [3.63, 3.8) is 0 Å². The van der Waals surface area contributed by atoms with Crippen molar-refractivity contribution in [2.75, 3.05) is 13.1 Å². The number of rotatable bonds is 4. The van der Waals surface area contributed by atoms with Crippen LogP contribution >= 0.6 is 0 Å². The number of nitrogens with zero attached hydrogens (tertiary/aromatic N) is 4. The van der Waals surface area contributed by atoms with Crippen LogP contribution in [0.2, 0.25) is 0 Å². The summed E-state index contributed by atoms with van der Waals surface area (Å²) in [5, 5.41) is 23.3. The Morgan fingerprint density at radius 2 is 1.85 bits per heavy atom. The number of piperidine rings is 1. The van der Waals surface area contributed by atoms with E-state index in [1.165, 1.54) is 15.6 Å². The second-order valence-electron chi connectivity index (χ2n) is 6.94. The van der Waals surface area contributed by atoms with Crippen LogP contribution in [0, 0.1) is 5.82 Å². The third-order valence-corrected chi connectivity index (χ3v) is 4.70. The summed E-state index contributed by atoms with van der Waals surface area (Å²) in [6.45, 7) is 3.88. The highest BCUT2D eigenvalue weighted by Gasteiger charge is 2.41. The zero-order valence-electron chi connectivity index (χ0n) is 15.1. The largest absolute Gasteiger partial charge is 0.479 e. The average molecular weight is 376 g/mol. The van der Waals surface area contributed by atoms with Crippen LogP contribution in [0.4, 0.5) is 4.39 Å². The first kappa shape index (κ1) is 19.0. The van der Waals surface area contributed by atoms with Gasteiger partial charge in [0.15, 0.2) is 5.60 Å². The lowest BCUT2D eigenvalue weighted by atomic mass is 9.91. The van der Waals surface area contributed by atoms with Gasteiger partial charge in [0, 0.05) is 31.8 Å². The van der Waals surface area contributed by atoms with E-state index in [2.05, 4.69) is 10.1 Å². The summed E-state index contributed by atoms with van der Waals surface area (Å²) >= 11 is 0. The first-order valence-corrected chi connectivity index (χ1v) is 8.70. The van der Waals surface area contributed by atoms with Crippen molar-refractivity contribution in [2.24, 2.45) is 0 Å². The second kappa shape index (κ2) is 7.07. The number of carboxylic acids is 1. The van der Waals surface area contributed by atoms with Crippen molar-refractivity contribution in [2.45, 2.75) is 38.2 Å². The molecule has 0 saturated carbocycles. The number of aromatic nitrogens is 3. The van der Waals surface area contributed by atoms with Crippen molar-refractivity contribution >= 4 is 11.9 Å². The Kier molecular flexibility index (Phi) is 4.97. The van der Waals surface area contributed by atoms with Crippen LogP contribution in [-0.2, 0) is 4.79 Å². The molecule has 2 N–H and O–H groups in total. The van der Waals surface area contributed by atoms with Gasteiger partial charge in [0.05, 0.1) is 0 Å². The van der Waals surface area contributed by atoms with Gasteiger partial charge in [-0.25, -0.2) is 18.9 Å². The lowest BCUT2D eigenvalue weighted by molar-refractivity contribution is -0.162. The summed E-state index contributed by atoms with van der Waals surface area (Å²) < 4.78 is 15.5. The molecular formula is C18H21FN4O4. The van der Waals surface area contributed by atoms with Crippen LogP contribution < -0.4 is 0 Å². The minimum absolute atomic E-state index is 0.0703. The van der Waals surface area contributed by atoms with E-state index in [1.54, 1.807) is 18.2 Å². The molecule has 1 saturated heterocycles. The van der Waals surface area contributed by atoms with Gasteiger partial charge in [0.25, 0.3) is 5.91 Å². The van der Waals surface area contributed by atoms with E-state index in [0.29, 0.717) is 5.82 Å². The molecule has 2 aromatic rings. The van der Waals surface area contributed by atoms with E-state index in [1.807, 2.05) is 13.8 Å². The fraction of sp³-hybridized carbons (Fsp3) is 0.444. The van der Waals surface area contributed by atoms with Crippen molar-refractivity contribution in [1.82, 2.24) is 19.7 Å². The molecule has 1 fully saturated rings. The van der Waals surface area contributed by atoms with Gasteiger partial charge in [-0.1, -0.05) is 26.0 Å². The number of aliphatic carboxylic acids is 1. The van der Waals surface area contributed by atoms with Crippen LogP contribution in [0.5, 0.6) is 0 Å². The monoisotopic (exact) mass is 376 g/mol. The molecule has 1 aromatic heterocycles. The molecule has 1 aliphatic rings. The number of carboxylic acid groups (broad SMARTS) is 1. The smallest absolute Gasteiger partial charge is 0.335 e. The van der Waals surface area contributed by atoms with Crippen LogP contribution in [0.3, 0.4) is 0 Å². The maximum atomic E-state index is 14.2. The molecule has 0 aliphatic carbocycles. The third-order valence-electron chi connectivity index (χ3n) is 4.70. The van der Waals surface area contributed by atoms with Gasteiger partial charge in [0.1, 0.15) is 17.3 Å². The Labute approximate surface area is 155 Å². The maximum Gasteiger partial charge on any atom is 0.335 e. The number of hydrogen-bond acceptors (Lipinski definition) is 5. The Bertz CT molecular complexity index is 872. The van der Waals surface area contributed by atoms with Crippen LogP contribution in [0.15, 0.2) is 24.3 Å². The molecule has 1 aromatic carbocycles. The third kappa shape index (κ3) is 3.55. The van der Waals surface area contributed by atoms with Crippen molar-refractivity contribution < 1.29 is 24.2 Å². The highest BCUT2D eigenvalue weighted by atomic mass is 19.1. The van der Waals surface area contributed by atoms with Crippen LogP contribution in [-0.4, -0.2) is 60.4 Å². The molecule has 27 heavy (non-hydrogen) atoms.